The van der Waals surface area contributed by atoms with E-state index < -0.39 is 25.8 Å². The molecule has 0 spiro atoms. The molecule has 2 aliphatic heterocycles. The minimum Gasteiger partial charge on any atom is -0.507 e. The van der Waals surface area contributed by atoms with Crippen LogP contribution in [0.4, 0.5) is 19.0 Å². The van der Waals surface area contributed by atoms with Crippen molar-refractivity contribution < 1.29 is 22.7 Å². The molecule has 49 heavy (non-hydrogen) atoms. The van der Waals surface area contributed by atoms with Gasteiger partial charge in [-0.2, -0.15) is 13.2 Å². The summed E-state index contributed by atoms with van der Waals surface area (Å²) in [6.07, 6.45) is -2.26. The van der Waals surface area contributed by atoms with Gasteiger partial charge in [0.2, 0.25) is 0 Å². The number of nitrogens with zero attached hydrogens (tertiary/aromatic N) is 4. The molecule has 2 saturated heterocycles. The van der Waals surface area contributed by atoms with Crippen molar-refractivity contribution in [2.45, 2.75) is 63.9 Å². The van der Waals surface area contributed by atoms with Crippen LogP contribution in [0.2, 0.25) is 5.04 Å². The number of hydrogen-bond acceptors (Lipinski definition) is 7. The highest BCUT2D eigenvalue weighted by molar-refractivity contribution is 6.99. The first-order chi connectivity index (χ1) is 23.3. The van der Waals surface area contributed by atoms with Crippen molar-refractivity contribution >= 4 is 24.5 Å². The fourth-order valence-electron chi connectivity index (χ4n) is 7.32. The summed E-state index contributed by atoms with van der Waals surface area (Å²) in [7, 11) is -2.56. The van der Waals surface area contributed by atoms with Crippen molar-refractivity contribution in [1.82, 2.24) is 20.0 Å². The largest absolute Gasteiger partial charge is 0.507 e. The third kappa shape index (κ3) is 7.70. The number of aromatic nitrogens is 2. The van der Waals surface area contributed by atoms with Crippen LogP contribution in [0.25, 0.3) is 11.3 Å². The van der Waals surface area contributed by atoms with E-state index in [4.69, 9.17) is 4.43 Å². The Morgan fingerprint density at radius 1 is 0.857 bits per heavy atom. The van der Waals surface area contributed by atoms with E-state index in [-0.39, 0.29) is 22.7 Å². The molecule has 2 N–H and O–H groups in total. The maximum absolute atomic E-state index is 13.0. The Morgan fingerprint density at radius 2 is 1.49 bits per heavy atom. The number of halogens is 3. The molecule has 1 aromatic heterocycles. The molecule has 4 aromatic rings. The zero-order valence-electron chi connectivity index (χ0n) is 28.7. The summed E-state index contributed by atoms with van der Waals surface area (Å²) in [4.78, 5) is 4.98. The maximum Gasteiger partial charge on any atom is 0.416 e. The third-order valence-corrected chi connectivity index (χ3v) is 14.9. The molecule has 11 heteroatoms. The van der Waals surface area contributed by atoms with Gasteiger partial charge in [0.25, 0.3) is 8.32 Å². The zero-order valence-corrected chi connectivity index (χ0v) is 29.7. The molecule has 0 saturated carbocycles. The number of likely N-dealkylation sites (tertiary alicyclic amines) is 2. The van der Waals surface area contributed by atoms with Gasteiger partial charge >= 0.3 is 6.18 Å². The monoisotopic (exact) mass is 689 g/mol. The summed E-state index contributed by atoms with van der Waals surface area (Å²) in [5.74, 6) is 0.143. The van der Waals surface area contributed by atoms with E-state index in [0.717, 1.165) is 64.2 Å². The molecular weight excluding hydrogens is 644 g/mol. The van der Waals surface area contributed by atoms with Crippen LogP contribution in [0, 0.1) is 6.92 Å². The lowest BCUT2D eigenvalue weighted by molar-refractivity contribution is -0.137. The average Bonchev–Trinajstić information content (AvgIpc) is 3.04. The Morgan fingerprint density at radius 3 is 2.06 bits per heavy atom. The summed E-state index contributed by atoms with van der Waals surface area (Å²) in [6, 6.07) is 26.6. The van der Waals surface area contributed by atoms with Gasteiger partial charge in [-0.25, -0.2) is 0 Å². The summed E-state index contributed by atoms with van der Waals surface area (Å²) < 4.78 is 46.4. The Bertz CT molecular complexity index is 1670. The van der Waals surface area contributed by atoms with E-state index in [2.05, 4.69) is 107 Å². The van der Waals surface area contributed by atoms with Gasteiger partial charge in [-0.3, -0.25) is 4.90 Å². The molecular formula is C38H46F3N5O2Si. The van der Waals surface area contributed by atoms with Crippen molar-refractivity contribution in [2.24, 2.45) is 0 Å². The fraction of sp³-hybridized carbons (Fsp3) is 0.421. The summed E-state index contributed by atoms with van der Waals surface area (Å²) in [5.41, 5.74) is 0.386. The molecule has 3 heterocycles. The van der Waals surface area contributed by atoms with E-state index in [9.17, 15) is 18.3 Å². The average molecular weight is 690 g/mol. The lowest BCUT2D eigenvalue weighted by Gasteiger charge is -2.50. The fourth-order valence-corrected chi connectivity index (χ4v) is 12.0. The Balaban J connectivity index is 1.03. The van der Waals surface area contributed by atoms with Crippen LogP contribution in [0.1, 0.15) is 44.7 Å². The number of phenols is 1. The second kappa shape index (κ2) is 14.2. The van der Waals surface area contributed by atoms with E-state index in [1.54, 1.807) is 0 Å². The highest BCUT2D eigenvalue weighted by Crippen LogP contribution is 2.39. The van der Waals surface area contributed by atoms with Gasteiger partial charge < -0.3 is 19.7 Å². The predicted octanol–water partition coefficient (Wildman–Crippen LogP) is 6.31. The van der Waals surface area contributed by atoms with Crippen molar-refractivity contribution in [3.8, 4) is 17.0 Å². The lowest BCUT2D eigenvalue weighted by atomic mass is 10.0. The highest BCUT2D eigenvalue weighted by Gasteiger charge is 2.52. The SMILES string of the molecule is Cc1cc(N[C@@H]2CCCN(CCN3CC(O[Si](c4ccccc4)(c4ccccc4)C(C)(C)C)C3)C2)nnc1-c1ccc(C(F)(F)F)cc1O. The molecule has 1 atom stereocenters. The van der Waals surface area contributed by atoms with Crippen LogP contribution in [0.5, 0.6) is 5.75 Å². The van der Waals surface area contributed by atoms with Crippen LogP contribution in [-0.4, -0.2) is 84.8 Å². The number of hydrogen-bond donors (Lipinski definition) is 2. The van der Waals surface area contributed by atoms with Gasteiger partial charge in [0.15, 0.2) is 0 Å². The number of phenolic OH excluding ortho intramolecular Hbond substituents is 1. The number of alkyl halides is 3. The van der Waals surface area contributed by atoms with Gasteiger partial charge in [0.05, 0.1) is 17.4 Å². The quantitative estimate of drug-likeness (QED) is 0.189. The minimum absolute atomic E-state index is 0.0425. The van der Waals surface area contributed by atoms with Gasteiger partial charge in [0, 0.05) is 44.3 Å². The summed E-state index contributed by atoms with van der Waals surface area (Å²) in [6.45, 7) is 14.5. The molecule has 7 nitrogen and oxygen atoms in total. The number of benzene rings is 3. The normalized spacial score (nSPS) is 18.3. The minimum atomic E-state index is -4.53. The molecule has 6 rings (SSSR count). The van der Waals surface area contributed by atoms with E-state index in [0.29, 0.717) is 17.1 Å². The van der Waals surface area contributed by atoms with Crippen molar-refractivity contribution in [3.63, 3.8) is 0 Å². The number of nitrogens with one attached hydrogen (secondary N) is 1. The highest BCUT2D eigenvalue weighted by atomic mass is 28.4. The standard InChI is InChI=1S/C38H46F3N5O2Si/c1-27-22-35(43-44-36(27)33-18-17-28(23-34(33)47)38(39,40)41)42-29-12-11-19-45(24-29)20-21-46-25-30(26-46)48-49(37(2,3)4,31-13-7-5-8-14-31)32-15-9-6-10-16-32/h5-10,13-18,22-23,29-30,47H,11-12,19-21,24-26H2,1-4H3,(H,42,43)/t29-/m1/s1. The number of anilines is 1. The van der Waals surface area contributed by atoms with Crippen LogP contribution in [0.3, 0.4) is 0 Å². The third-order valence-electron chi connectivity index (χ3n) is 9.84. The van der Waals surface area contributed by atoms with E-state index in [1.165, 1.54) is 16.4 Å². The van der Waals surface area contributed by atoms with Gasteiger partial charge in [-0.15, -0.1) is 10.2 Å². The lowest BCUT2D eigenvalue weighted by Crippen LogP contribution is -2.71. The van der Waals surface area contributed by atoms with Gasteiger partial charge in [-0.05, 0) is 71.6 Å². The van der Waals surface area contributed by atoms with E-state index in [1.807, 2.05) is 13.0 Å². The Hall–Kier alpha value is -3.77. The van der Waals surface area contributed by atoms with Gasteiger partial charge in [-0.1, -0.05) is 81.4 Å². The predicted molar refractivity (Wildman–Crippen MR) is 191 cm³/mol. The Kier molecular flexibility index (Phi) is 10.2. The van der Waals surface area contributed by atoms with E-state index >= 15 is 0 Å². The molecule has 2 aliphatic rings. The first-order valence-electron chi connectivity index (χ1n) is 17.1. The van der Waals surface area contributed by atoms with Crippen LogP contribution >= 0.6 is 0 Å². The maximum atomic E-state index is 13.0. The molecule has 0 amide bonds. The summed E-state index contributed by atoms with van der Waals surface area (Å²) in [5, 5.41) is 25.0. The first kappa shape index (κ1) is 35.1. The molecule has 2 fully saturated rings. The van der Waals surface area contributed by atoms with Crippen LogP contribution in [-0.2, 0) is 10.6 Å². The Labute approximate surface area is 288 Å². The molecule has 0 unspecified atom stereocenters. The topological polar surface area (TPSA) is 73.8 Å². The smallest absolute Gasteiger partial charge is 0.416 e. The van der Waals surface area contributed by atoms with Crippen molar-refractivity contribution in [1.29, 1.82) is 0 Å². The van der Waals surface area contributed by atoms with Crippen LogP contribution in [0.15, 0.2) is 84.9 Å². The molecule has 0 radical (unpaired) electrons. The first-order valence-corrected chi connectivity index (χ1v) is 19.0. The molecule has 0 bridgehead atoms. The molecule has 260 valence electrons. The number of aryl methyl sites for hydroxylation is 1. The van der Waals surface area contributed by atoms with Crippen LogP contribution < -0.4 is 15.7 Å². The van der Waals surface area contributed by atoms with Crippen molar-refractivity contribution in [2.75, 3.05) is 44.6 Å². The number of aromatic hydroxyl groups is 1. The molecule has 3 aromatic carbocycles. The summed E-state index contributed by atoms with van der Waals surface area (Å²) >= 11 is 0. The second-order valence-electron chi connectivity index (χ2n) is 14.4. The number of piperidine rings is 1. The van der Waals surface area contributed by atoms with Gasteiger partial charge in [0.1, 0.15) is 11.6 Å². The molecule has 0 aliphatic carbocycles. The van der Waals surface area contributed by atoms with Crippen molar-refractivity contribution in [3.05, 3.63) is 96.1 Å². The zero-order chi connectivity index (χ0) is 34.8. The number of rotatable bonds is 10. The second-order valence-corrected chi connectivity index (χ2v) is 18.7.